The third-order valence-electron chi connectivity index (χ3n) is 3.37. The number of hydrogen-bond donors (Lipinski definition) is 0. The Morgan fingerprint density at radius 2 is 1.96 bits per heavy atom. The maximum absolute atomic E-state index is 12.1. The van der Waals surface area contributed by atoms with Gasteiger partial charge in [0, 0.05) is 13.1 Å². The summed E-state index contributed by atoms with van der Waals surface area (Å²) >= 11 is 0. The van der Waals surface area contributed by atoms with Crippen LogP contribution in [0.3, 0.4) is 0 Å². The molecule has 0 fully saturated rings. The van der Waals surface area contributed by atoms with Gasteiger partial charge in [0.15, 0.2) is 0 Å². The summed E-state index contributed by atoms with van der Waals surface area (Å²) in [4.78, 5) is 13.8. The van der Waals surface area contributed by atoms with Crippen LogP contribution in [0.4, 0.5) is 4.79 Å². The highest BCUT2D eigenvalue weighted by molar-refractivity contribution is 7.85. The van der Waals surface area contributed by atoms with Crippen molar-refractivity contribution in [2.24, 2.45) is 0 Å². The minimum Gasteiger partial charge on any atom is -0.444 e. The maximum atomic E-state index is 12.1. The Bertz CT molecular complexity index is 691. The number of benzene rings is 1. The number of rotatable bonds is 3. The number of carbonyl (C=O) groups excluding carboxylic acids is 1. The molecule has 0 radical (unpaired) electrons. The van der Waals surface area contributed by atoms with Crippen molar-refractivity contribution in [2.45, 2.75) is 45.9 Å². The molecule has 7 heteroatoms. The Balaban J connectivity index is 2.04. The molecule has 1 aliphatic heterocycles. The standard InChI is InChI=1S/C16H23NO5S/c1-16(2,3)22-15(18)17-8-7-13-9-12(5-6-14(13)10-17)11-21-23(4,19)20/h5-6,9H,7-8,10-11H2,1-4H3. The first kappa shape index (κ1) is 17.7. The molecule has 0 atom stereocenters. The molecule has 1 aliphatic rings. The van der Waals surface area contributed by atoms with Gasteiger partial charge in [-0.05, 0) is 43.9 Å². The fraction of sp³-hybridized carbons (Fsp3) is 0.562. The van der Waals surface area contributed by atoms with Crippen molar-refractivity contribution in [3.8, 4) is 0 Å². The summed E-state index contributed by atoms with van der Waals surface area (Å²) in [5.74, 6) is 0. The molecule has 1 aromatic carbocycles. The molecule has 0 bridgehead atoms. The van der Waals surface area contributed by atoms with E-state index >= 15 is 0 Å². The minimum atomic E-state index is -3.45. The molecule has 1 amide bonds. The predicted octanol–water partition coefficient (Wildman–Crippen LogP) is 2.46. The first-order chi connectivity index (χ1) is 10.5. The van der Waals surface area contributed by atoms with E-state index in [0.717, 1.165) is 22.9 Å². The zero-order chi connectivity index (χ0) is 17.3. The Labute approximate surface area is 137 Å². The Kier molecular flexibility index (Phi) is 5.01. The zero-order valence-corrected chi connectivity index (χ0v) is 14.8. The highest BCUT2D eigenvalue weighted by Gasteiger charge is 2.25. The molecule has 23 heavy (non-hydrogen) atoms. The van der Waals surface area contributed by atoms with Gasteiger partial charge in [-0.3, -0.25) is 4.18 Å². The lowest BCUT2D eigenvalue weighted by molar-refractivity contribution is 0.0224. The van der Waals surface area contributed by atoms with Crippen molar-refractivity contribution in [3.63, 3.8) is 0 Å². The van der Waals surface area contributed by atoms with Crippen molar-refractivity contribution in [1.29, 1.82) is 0 Å². The quantitative estimate of drug-likeness (QED) is 0.790. The topological polar surface area (TPSA) is 72.9 Å². The largest absolute Gasteiger partial charge is 0.444 e. The molecule has 6 nitrogen and oxygen atoms in total. The summed E-state index contributed by atoms with van der Waals surface area (Å²) in [6.07, 6.45) is 1.43. The number of hydrogen-bond acceptors (Lipinski definition) is 5. The van der Waals surface area contributed by atoms with Gasteiger partial charge in [0.25, 0.3) is 10.1 Å². The van der Waals surface area contributed by atoms with Crippen LogP contribution < -0.4 is 0 Å². The highest BCUT2D eigenvalue weighted by atomic mass is 32.2. The Morgan fingerprint density at radius 3 is 2.57 bits per heavy atom. The van der Waals surface area contributed by atoms with E-state index in [4.69, 9.17) is 8.92 Å². The summed E-state index contributed by atoms with van der Waals surface area (Å²) in [6, 6.07) is 5.67. The van der Waals surface area contributed by atoms with E-state index in [2.05, 4.69) is 0 Å². The van der Waals surface area contributed by atoms with Crippen LogP contribution in [0.15, 0.2) is 18.2 Å². The van der Waals surface area contributed by atoms with E-state index in [1.165, 1.54) is 0 Å². The lowest BCUT2D eigenvalue weighted by Crippen LogP contribution is -2.39. The third-order valence-corrected chi connectivity index (χ3v) is 3.92. The van der Waals surface area contributed by atoms with Crippen LogP contribution in [0, 0.1) is 0 Å². The number of ether oxygens (including phenoxy) is 1. The second-order valence-electron chi connectivity index (χ2n) is 6.72. The molecule has 0 unspecified atom stereocenters. The van der Waals surface area contributed by atoms with E-state index in [-0.39, 0.29) is 12.7 Å². The smallest absolute Gasteiger partial charge is 0.410 e. The molecule has 0 aliphatic carbocycles. The molecule has 1 aromatic rings. The average molecular weight is 341 g/mol. The van der Waals surface area contributed by atoms with Gasteiger partial charge in [-0.2, -0.15) is 8.42 Å². The fourth-order valence-electron chi connectivity index (χ4n) is 2.35. The molecular weight excluding hydrogens is 318 g/mol. The van der Waals surface area contributed by atoms with Gasteiger partial charge in [0.05, 0.1) is 12.9 Å². The van der Waals surface area contributed by atoms with Crippen molar-refractivity contribution in [1.82, 2.24) is 4.90 Å². The van der Waals surface area contributed by atoms with Crippen LogP contribution in [-0.4, -0.2) is 37.8 Å². The fourth-order valence-corrected chi connectivity index (χ4v) is 2.70. The second-order valence-corrected chi connectivity index (χ2v) is 8.37. The predicted molar refractivity (Wildman–Crippen MR) is 86.4 cm³/mol. The van der Waals surface area contributed by atoms with E-state index in [0.29, 0.717) is 19.5 Å². The molecule has 1 heterocycles. The number of nitrogens with zero attached hydrogens (tertiary/aromatic N) is 1. The van der Waals surface area contributed by atoms with Crippen LogP contribution in [0.2, 0.25) is 0 Å². The number of amides is 1. The van der Waals surface area contributed by atoms with Gasteiger partial charge in [0.1, 0.15) is 5.60 Å². The van der Waals surface area contributed by atoms with Crippen molar-refractivity contribution >= 4 is 16.2 Å². The van der Waals surface area contributed by atoms with Crippen molar-refractivity contribution in [2.75, 3.05) is 12.8 Å². The van der Waals surface area contributed by atoms with Crippen LogP contribution >= 0.6 is 0 Å². The van der Waals surface area contributed by atoms with Crippen LogP contribution in [0.25, 0.3) is 0 Å². The monoisotopic (exact) mass is 341 g/mol. The van der Waals surface area contributed by atoms with Crippen molar-refractivity contribution in [3.05, 3.63) is 34.9 Å². The van der Waals surface area contributed by atoms with E-state index < -0.39 is 15.7 Å². The zero-order valence-electron chi connectivity index (χ0n) is 14.0. The van der Waals surface area contributed by atoms with E-state index in [9.17, 15) is 13.2 Å². The van der Waals surface area contributed by atoms with Gasteiger partial charge >= 0.3 is 6.09 Å². The molecule has 0 spiro atoms. The van der Waals surface area contributed by atoms with Gasteiger partial charge < -0.3 is 9.64 Å². The highest BCUT2D eigenvalue weighted by Crippen LogP contribution is 2.22. The number of carbonyl (C=O) groups is 1. The SMILES string of the molecule is CC(C)(C)OC(=O)N1CCc2cc(COS(C)(=O)=O)ccc2C1. The minimum absolute atomic E-state index is 0.0297. The van der Waals surface area contributed by atoms with Gasteiger partial charge in [-0.1, -0.05) is 18.2 Å². The van der Waals surface area contributed by atoms with Crippen LogP contribution in [0.5, 0.6) is 0 Å². The lowest BCUT2D eigenvalue weighted by atomic mass is 9.98. The summed E-state index contributed by atoms with van der Waals surface area (Å²) in [5, 5.41) is 0. The lowest BCUT2D eigenvalue weighted by Gasteiger charge is -2.31. The third kappa shape index (κ3) is 5.51. The Hall–Kier alpha value is -1.60. The summed E-state index contributed by atoms with van der Waals surface area (Å²) in [6.45, 7) is 6.64. The molecule has 128 valence electrons. The van der Waals surface area contributed by atoms with Gasteiger partial charge in [-0.15, -0.1) is 0 Å². The second kappa shape index (κ2) is 6.49. The normalized spacial score (nSPS) is 15.2. The molecule has 0 saturated heterocycles. The first-order valence-electron chi connectivity index (χ1n) is 7.46. The first-order valence-corrected chi connectivity index (χ1v) is 9.28. The van der Waals surface area contributed by atoms with Crippen molar-refractivity contribution < 1.29 is 22.1 Å². The van der Waals surface area contributed by atoms with Gasteiger partial charge in [0.2, 0.25) is 0 Å². The molecule has 0 saturated carbocycles. The number of fused-ring (bicyclic) bond motifs is 1. The van der Waals surface area contributed by atoms with E-state index in [1.807, 2.05) is 39.0 Å². The summed E-state index contributed by atoms with van der Waals surface area (Å²) in [7, 11) is -3.45. The summed E-state index contributed by atoms with van der Waals surface area (Å²) < 4.78 is 32.3. The van der Waals surface area contributed by atoms with E-state index in [1.54, 1.807) is 4.90 Å². The average Bonchev–Trinajstić information content (AvgIpc) is 2.41. The van der Waals surface area contributed by atoms with Crippen LogP contribution in [-0.2, 0) is 38.6 Å². The maximum Gasteiger partial charge on any atom is 0.410 e. The van der Waals surface area contributed by atoms with Gasteiger partial charge in [-0.25, -0.2) is 4.79 Å². The molecule has 0 N–H and O–H groups in total. The van der Waals surface area contributed by atoms with Crippen LogP contribution in [0.1, 0.15) is 37.5 Å². The Morgan fingerprint density at radius 1 is 1.26 bits per heavy atom. The molecule has 2 rings (SSSR count). The summed E-state index contributed by atoms with van der Waals surface area (Å²) in [5.41, 5.74) is 2.45. The molecular formula is C16H23NO5S. The molecule has 0 aromatic heterocycles.